The quantitative estimate of drug-likeness (QED) is 0.764. The highest BCUT2D eigenvalue weighted by Gasteiger charge is 2.11. The number of sulfonamides is 1. The predicted molar refractivity (Wildman–Crippen MR) is 55.2 cm³/mol. The second-order valence-corrected chi connectivity index (χ2v) is 4.62. The topological polar surface area (TPSA) is 72.2 Å². The maximum absolute atomic E-state index is 11.5. The van der Waals surface area contributed by atoms with Gasteiger partial charge in [-0.15, -0.1) is 0 Å². The monoisotopic (exact) mass is 214 g/mol. The summed E-state index contributed by atoms with van der Waals surface area (Å²) in [5.41, 5.74) is 6.23. The molecule has 1 aromatic carbocycles. The molecule has 1 aromatic rings. The van der Waals surface area contributed by atoms with E-state index in [1.54, 1.807) is 31.2 Å². The average molecular weight is 214 g/mol. The summed E-state index contributed by atoms with van der Waals surface area (Å²) >= 11 is 0. The third kappa shape index (κ3) is 2.54. The lowest BCUT2D eigenvalue weighted by molar-refractivity contribution is 0.584. The van der Waals surface area contributed by atoms with Crippen LogP contribution < -0.4 is 10.5 Å². The molecule has 1 rings (SSSR count). The Hall–Kier alpha value is -0.910. The van der Waals surface area contributed by atoms with Gasteiger partial charge in [-0.1, -0.05) is 19.1 Å². The van der Waals surface area contributed by atoms with Crippen LogP contribution in [0.1, 0.15) is 12.5 Å². The molecule has 0 aliphatic carbocycles. The van der Waals surface area contributed by atoms with Gasteiger partial charge in [-0.2, -0.15) is 0 Å². The van der Waals surface area contributed by atoms with E-state index >= 15 is 0 Å². The molecule has 0 unspecified atom stereocenters. The molecule has 0 bridgehead atoms. The number of benzene rings is 1. The predicted octanol–water partition coefficient (Wildman–Crippen LogP) is 0.443. The number of nitrogens with two attached hydrogens (primary N) is 1. The maximum atomic E-state index is 11.5. The van der Waals surface area contributed by atoms with Crippen LogP contribution in [0.5, 0.6) is 0 Å². The summed E-state index contributed by atoms with van der Waals surface area (Å²) in [6.07, 6.45) is 0. The van der Waals surface area contributed by atoms with E-state index in [2.05, 4.69) is 4.72 Å². The third-order valence-electron chi connectivity index (χ3n) is 1.78. The van der Waals surface area contributed by atoms with E-state index in [-0.39, 0.29) is 4.90 Å². The lowest BCUT2D eigenvalue weighted by Gasteiger charge is -2.05. The molecule has 0 aromatic heterocycles. The van der Waals surface area contributed by atoms with Crippen molar-refractivity contribution in [3.05, 3.63) is 29.8 Å². The van der Waals surface area contributed by atoms with Crippen LogP contribution in [0, 0.1) is 0 Å². The fraction of sp³-hybridized carbons (Fsp3) is 0.333. The van der Waals surface area contributed by atoms with Gasteiger partial charge in [0.15, 0.2) is 0 Å². The lowest BCUT2D eigenvalue weighted by atomic mass is 10.2. The third-order valence-corrected chi connectivity index (χ3v) is 3.32. The Morgan fingerprint density at radius 2 is 2.14 bits per heavy atom. The van der Waals surface area contributed by atoms with Crippen LogP contribution >= 0.6 is 0 Å². The summed E-state index contributed by atoms with van der Waals surface area (Å²) in [5.74, 6) is 0. The summed E-state index contributed by atoms with van der Waals surface area (Å²) in [7, 11) is -3.35. The lowest BCUT2D eigenvalue weighted by Crippen LogP contribution is -2.23. The second-order valence-electron chi connectivity index (χ2n) is 2.85. The first-order valence-corrected chi connectivity index (χ1v) is 5.87. The first-order chi connectivity index (χ1) is 6.60. The minimum absolute atomic E-state index is 0.266. The van der Waals surface area contributed by atoms with E-state index in [0.717, 1.165) is 5.56 Å². The van der Waals surface area contributed by atoms with Crippen molar-refractivity contribution in [1.29, 1.82) is 0 Å². The molecular formula is C9H14N2O2S. The molecule has 0 aliphatic rings. The smallest absolute Gasteiger partial charge is 0.240 e. The standard InChI is InChI=1S/C9H14N2O2S/c1-2-11-14(12,13)9-5-3-4-8(6-9)7-10/h3-6,11H,2,7,10H2,1H3. The summed E-state index contributed by atoms with van der Waals surface area (Å²) in [4.78, 5) is 0.266. The van der Waals surface area contributed by atoms with E-state index in [0.29, 0.717) is 13.1 Å². The largest absolute Gasteiger partial charge is 0.326 e. The minimum atomic E-state index is -3.35. The molecule has 0 amide bonds. The summed E-state index contributed by atoms with van der Waals surface area (Å²) in [6.45, 7) is 2.47. The van der Waals surface area contributed by atoms with Crippen molar-refractivity contribution in [2.75, 3.05) is 6.54 Å². The van der Waals surface area contributed by atoms with Gasteiger partial charge in [0.1, 0.15) is 0 Å². The van der Waals surface area contributed by atoms with Crippen molar-refractivity contribution in [2.45, 2.75) is 18.4 Å². The molecule has 14 heavy (non-hydrogen) atoms. The zero-order valence-electron chi connectivity index (χ0n) is 8.03. The first-order valence-electron chi connectivity index (χ1n) is 4.39. The van der Waals surface area contributed by atoms with Crippen molar-refractivity contribution in [2.24, 2.45) is 5.73 Å². The molecule has 0 aliphatic heterocycles. The molecule has 0 heterocycles. The van der Waals surface area contributed by atoms with Crippen LogP contribution in [0.25, 0.3) is 0 Å². The summed E-state index contributed by atoms with van der Waals surface area (Å²) in [6, 6.07) is 6.62. The van der Waals surface area contributed by atoms with Gasteiger partial charge in [0.05, 0.1) is 4.90 Å². The van der Waals surface area contributed by atoms with Crippen molar-refractivity contribution in [3.63, 3.8) is 0 Å². The minimum Gasteiger partial charge on any atom is -0.326 e. The van der Waals surface area contributed by atoms with Crippen LogP contribution in [0.15, 0.2) is 29.2 Å². The van der Waals surface area contributed by atoms with E-state index in [9.17, 15) is 8.42 Å². The van der Waals surface area contributed by atoms with Crippen LogP contribution in [0.4, 0.5) is 0 Å². The molecule has 0 spiro atoms. The van der Waals surface area contributed by atoms with Crippen LogP contribution in [0.2, 0.25) is 0 Å². The van der Waals surface area contributed by atoms with Gasteiger partial charge in [0, 0.05) is 13.1 Å². The van der Waals surface area contributed by atoms with Gasteiger partial charge in [-0.05, 0) is 17.7 Å². The van der Waals surface area contributed by atoms with E-state index in [1.165, 1.54) is 0 Å². The molecule has 0 atom stereocenters. The first kappa shape index (κ1) is 11.2. The number of hydrogen-bond donors (Lipinski definition) is 2. The fourth-order valence-corrected chi connectivity index (χ4v) is 2.22. The second kappa shape index (κ2) is 4.54. The Balaban J connectivity index is 3.07. The molecule has 78 valence electrons. The maximum Gasteiger partial charge on any atom is 0.240 e. The molecule has 0 fully saturated rings. The number of rotatable bonds is 4. The van der Waals surface area contributed by atoms with Gasteiger partial charge in [0.2, 0.25) is 10.0 Å². The van der Waals surface area contributed by atoms with Crippen molar-refractivity contribution < 1.29 is 8.42 Å². The Labute approximate surface area is 84.2 Å². The molecule has 0 saturated heterocycles. The molecule has 3 N–H and O–H groups in total. The van der Waals surface area contributed by atoms with E-state index in [4.69, 9.17) is 5.73 Å². The molecular weight excluding hydrogens is 200 g/mol. The number of hydrogen-bond acceptors (Lipinski definition) is 3. The highest BCUT2D eigenvalue weighted by molar-refractivity contribution is 7.89. The summed E-state index contributed by atoms with van der Waals surface area (Å²) in [5, 5.41) is 0. The highest BCUT2D eigenvalue weighted by Crippen LogP contribution is 2.10. The van der Waals surface area contributed by atoms with Gasteiger partial charge in [-0.3, -0.25) is 0 Å². The van der Waals surface area contributed by atoms with Gasteiger partial charge in [0.25, 0.3) is 0 Å². The van der Waals surface area contributed by atoms with Crippen LogP contribution in [-0.2, 0) is 16.6 Å². The van der Waals surface area contributed by atoms with E-state index < -0.39 is 10.0 Å². The van der Waals surface area contributed by atoms with Crippen LogP contribution in [-0.4, -0.2) is 15.0 Å². The Morgan fingerprint density at radius 1 is 1.43 bits per heavy atom. The van der Waals surface area contributed by atoms with Crippen molar-refractivity contribution in [1.82, 2.24) is 4.72 Å². The normalized spacial score (nSPS) is 11.6. The van der Waals surface area contributed by atoms with Crippen molar-refractivity contribution >= 4 is 10.0 Å². The Morgan fingerprint density at radius 3 is 2.71 bits per heavy atom. The van der Waals surface area contributed by atoms with Gasteiger partial charge >= 0.3 is 0 Å². The SMILES string of the molecule is CCNS(=O)(=O)c1cccc(CN)c1. The Bertz CT molecular complexity index is 401. The fourth-order valence-electron chi connectivity index (χ4n) is 1.11. The van der Waals surface area contributed by atoms with Gasteiger partial charge in [-0.25, -0.2) is 13.1 Å². The zero-order chi connectivity index (χ0) is 10.6. The van der Waals surface area contributed by atoms with Gasteiger partial charge < -0.3 is 5.73 Å². The number of nitrogens with one attached hydrogen (secondary N) is 1. The Kier molecular flexibility index (Phi) is 3.62. The van der Waals surface area contributed by atoms with E-state index in [1.807, 2.05) is 0 Å². The highest BCUT2D eigenvalue weighted by atomic mass is 32.2. The molecule has 5 heteroatoms. The summed E-state index contributed by atoms with van der Waals surface area (Å²) < 4.78 is 25.5. The van der Waals surface area contributed by atoms with Crippen LogP contribution in [0.3, 0.4) is 0 Å². The average Bonchev–Trinajstić information content (AvgIpc) is 2.18. The molecule has 0 saturated carbocycles. The van der Waals surface area contributed by atoms with Crippen molar-refractivity contribution in [3.8, 4) is 0 Å². The zero-order valence-corrected chi connectivity index (χ0v) is 8.84. The molecule has 4 nitrogen and oxygen atoms in total. The molecule has 0 radical (unpaired) electrons.